The Morgan fingerprint density at radius 3 is 2.26 bits per heavy atom. The van der Waals surface area contributed by atoms with E-state index in [0.717, 1.165) is 44.2 Å². The van der Waals surface area contributed by atoms with Crippen molar-refractivity contribution < 1.29 is 23.9 Å². The number of hydrogen-bond donors (Lipinski definition) is 1. The molecule has 3 saturated heterocycles. The van der Waals surface area contributed by atoms with Crippen LogP contribution in [0.2, 0.25) is 0 Å². The Labute approximate surface area is 246 Å². The van der Waals surface area contributed by atoms with E-state index in [9.17, 15) is 19.2 Å². The SMILES string of the molecule is CC(C)n1c(=O)n(C(=O)N[C@@H]2C[C@H]3CC[C@@H](C2)N3CCCOC(=O)N2CCC(OC(=O)N(C)C)CC2)c2ccccc21. The van der Waals surface area contributed by atoms with E-state index < -0.39 is 0 Å². The van der Waals surface area contributed by atoms with Gasteiger partial charge >= 0.3 is 23.9 Å². The first-order valence-electron chi connectivity index (χ1n) is 15.2. The molecule has 3 amide bonds. The lowest BCUT2D eigenvalue weighted by atomic mass is 9.97. The van der Waals surface area contributed by atoms with E-state index in [1.807, 2.05) is 38.1 Å². The van der Waals surface area contributed by atoms with Crippen LogP contribution in [0.5, 0.6) is 0 Å². The molecule has 3 fully saturated rings. The summed E-state index contributed by atoms with van der Waals surface area (Å²) in [6.07, 6.45) is 4.96. The molecular weight excluding hydrogens is 540 g/mol. The van der Waals surface area contributed by atoms with Gasteiger partial charge in [-0.1, -0.05) is 12.1 Å². The van der Waals surface area contributed by atoms with E-state index in [0.29, 0.717) is 50.1 Å². The van der Waals surface area contributed by atoms with Crippen molar-refractivity contribution in [2.45, 2.75) is 89.1 Å². The first-order chi connectivity index (χ1) is 20.1. The number of benzene rings is 1. The van der Waals surface area contributed by atoms with Crippen LogP contribution in [0.15, 0.2) is 29.1 Å². The second-order valence-corrected chi connectivity index (χ2v) is 12.2. The summed E-state index contributed by atoms with van der Waals surface area (Å²) in [4.78, 5) is 56.4. The molecule has 4 heterocycles. The predicted octanol–water partition coefficient (Wildman–Crippen LogP) is 3.63. The van der Waals surface area contributed by atoms with E-state index in [1.54, 1.807) is 23.6 Å². The van der Waals surface area contributed by atoms with Gasteiger partial charge in [0.15, 0.2) is 0 Å². The quantitative estimate of drug-likeness (QED) is 0.494. The summed E-state index contributed by atoms with van der Waals surface area (Å²) in [5.41, 5.74) is 1.08. The van der Waals surface area contributed by atoms with Crippen molar-refractivity contribution >= 4 is 29.3 Å². The zero-order chi connectivity index (χ0) is 30.0. The summed E-state index contributed by atoms with van der Waals surface area (Å²) >= 11 is 0. The molecule has 2 bridgehead atoms. The molecule has 1 aromatic carbocycles. The standard InChI is InChI=1S/C30H44N6O6/c1-20(2)35-25-8-5-6-9-26(25)36(28(35)38)27(37)31-21-18-22-10-11-23(19-21)34(22)14-7-17-41-30(40)33-15-12-24(13-16-33)42-29(39)32(3)4/h5-6,8-9,20-24H,7,10-19H2,1-4H3,(H,31,37)/t21-,22-,23+. The van der Waals surface area contributed by atoms with E-state index in [-0.39, 0.29) is 42.1 Å². The number of amides is 3. The van der Waals surface area contributed by atoms with E-state index >= 15 is 0 Å². The molecule has 230 valence electrons. The number of aromatic nitrogens is 2. The van der Waals surface area contributed by atoms with Crippen LogP contribution in [0.1, 0.15) is 64.8 Å². The summed E-state index contributed by atoms with van der Waals surface area (Å²) in [5, 5.41) is 3.16. The molecule has 0 spiro atoms. The second kappa shape index (κ2) is 12.8. The van der Waals surface area contributed by atoms with Gasteiger partial charge in [-0.2, -0.15) is 0 Å². The Morgan fingerprint density at radius 1 is 1.00 bits per heavy atom. The van der Waals surface area contributed by atoms with Crippen LogP contribution in [0.25, 0.3) is 11.0 Å². The molecule has 42 heavy (non-hydrogen) atoms. The van der Waals surface area contributed by atoms with Gasteiger partial charge in [-0.3, -0.25) is 9.47 Å². The fourth-order valence-electron chi connectivity index (χ4n) is 6.76. The summed E-state index contributed by atoms with van der Waals surface area (Å²) in [7, 11) is 3.30. The van der Waals surface area contributed by atoms with Crippen molar-refractivity contribution in [2.24, 2.45) is 0 Å². The summed E-state index contributed by atoms with van der Waals surface area (Å²) in [6, 6.07) is 7.75. The van der Waals surface area contributed by atoms with Crippen molar-refractivity contribution in [3.8, 4) is 0 Å². The Bertz CT molecular complexity index is 1330. The number of likely N-dealkylation sites (tertiary alicyclic amines) is 1. The highest BCUT2D eigenvalue weighted by Crippen LogP contribution is 2.36. The van der Waals surface area contributed by atoms with Crippen LogP contribution < -0.4 is 11.0 Å². The molecule has 3 atom stereocenters. The minimum atomic E-state index is -0.361. The fraction of sp³-hybridized carbons (Fsp3) is 0.667. The molecule has 2 aromatic rings. The molecule has 12 nitrogen and oxygen atoms in total. The largest absolute Gasteiger partial charge is 0.449 e. The maximum atomic E-state index is 13.3. The molecule has 0 unspecified atom stereocenters. The molecule has 0 saturated carbocycles. The molecule has 1 aromatic heterocycles. The van der Waals surface area contributed by atoms with E-state index in [1.165, 1.54) is 9.47 Å². The number of imidazole rings is 1. The number of rotatable bonds is 7. The van der Waals surface area contributed by atoms with Crippen LogP contribution in [-0.2, 0) is 9.47 Å². The fourth-order valence-corrected chi connectivity index (χ4v) is 6.76. The van der Waals surface area contributed by atoms with Crippen molar-refractivity contribution in [1.82, 2.24) is 29.2 Å². The van der Waals surface area contributed by atoms with Gasteiger partial charge in [0.05, 0.1) is 17.6 Å². The zero-order valence-corrected chi connectivity index (χ0v) is 25.2. The highest BCUT2D eigenvalue weighted by Gasteiger charge is 2.41. The summed E-state index contributed by atoms with van der Waals surface area (Å²) in [5.74, 6) is 0. The third-order valence-corrected chi connectivity index (χ3v) is 8.83. The van der Waals surface area contributed by atoms with Crippen molar-refractivity contribution in [1.29, 1.82) is 0 Å². The van der Waals surface area contributed by atoms with Gasteiger partial charge in [-0.15, -0.1) is 0 Å². The van der Waals surface area contributed by atoms with Crippen LogP contribution in [0.3, 0.4) is 0 Å². The number of hydrogen-bond acceptors (Lipinski definition) is 7. The lowest BCUT2D eigenvalue weighted by Gasteiger charge is -2.39. The van der Waals surface area contributed by atoms with Crippen LogP contribution in [0, 0.1) is 0 Å². The van der Waals surface area contributed by atoms with E-state index in [4.69, 9.17) is 9.47 Å². The molecule has 0 radical (unpaired) electrons. The smallest absolute Gasteiger partial charge is 0.409 e. The number of nitrogens with zero attached hydrogens (tertiary/aromatic N) is 5. The second-order valence-electron chi connectivity index (χ2n) is 12.2. The van der Waals surface area contributed by atoms with Gasteiger partial charge in [0.1, 0.15) is 6.10 Å². The molecular formula is C30H44N6O6. The number of nitrogens with one attached hydrogen (secondary N) is 1. The number of para-hydroxylation sites is 2. The topological polar surface area (TPSA) is 118 Å². The van der Waals surface area contributed by atoms with Gasteiger partial charge < -0.3 is 24.6 Å². The number of carbonyl (C=O) groups excluding carboxylic acids is 3. The van der Waals surface area contributed by atoms with Crippen molar-refractivity contribution in [3.05, 3.63) is 34.7 Å². The molecule has 12 heteroatoms. The first kappa shape index (κ1) is 29.9. The van der Waals surface area contributed by atoms with Gasteiger partial charge in [0.2, 0.25) is 0 Å². The maximum Gasteiger partial charge on any atom is 0.409 e. The molecule has 3 aliphatic heterocycles. The average Bonchev–Trinajstić information content (AvgIpc) is 3.39. The molecule has 1 N–H and O–H groups in total. The minimum Gasteiger partial charge on any atom is -0.449 e. The third kappa shape index (κ3) is 6.28. The van der Waals surface area contributed by atoms with Crippen LogP contribution in [-0.4, -0.2) is 107 Å². The Morgan fingerprint density at radius 2 is 1.64 bits per heavy atom. The monoisotopic (exact) mass is 584 g/mol. The normalized spacial score (nSPS) is 22.9. The van der Waals surface area contributed by atoms with Crippen LogP contribution >= 0.6 is 0 Å². The Hall–Kier alpha value is -3.54. The highest BCUT2D eigenvalue weighted by atomic mass is 16.6. The first-order valence-corrected chi connectivity index (χ1v) is 15.2. The molecule has 3 aliphatic rings. The molecule has 0 aliphatic carbocycles. The van der Waals surface area contributed by atoms with Gasteiger partial charge in [0.25, 0.3) is 0 Å². The molecule has 5 rings (SSSR count). The lowest BCUT2D eigenvalue weighted by molar-refractivity contribution is 0.0298. The summed E-state index contributed by atoms with van der Waals surface area (Å²) < 4.78 is 13.9. The third-order valence-electron chi connectivity index (χ3n) is 8.83. The van der Waals surface area contributed by atoms with Gasteiger partial charge in [-0.25, -0.2) is 23.7 Å². The lowest BCUT2D eigenvalue weighted by Crippen LogP contribution is -2.52. The number of ether oxygens (including phenoxy) is 2. The number of fused-ring (bicyclic) bond motifs is 3. The zero-order valence-electron chi connectivity index (χ0n) is 25.2. The maximum absolute atomic E-state index is 13.3. The van der Waals surface area contributed by atoms with Crippen LogP contribution in [0.4, 0.5) is 14.4 Å². The van der Waals surface area contributed by atoms with E-state index in [2.05, 4.69) is 10.2 Å². The van der Waals surface area contributed by atoms with Crippen molar-refractivity contribution in [3.63, 3.8) is 0 Å². The Balaban J connectivity index is 1.07. The highest BCUT2D eigenvalue weighted by molar-refractivity contribution is 5.89. The van der Waals surface area contributed by atoms with Gasteiger partial charge in [-0.05, 0) is 58.1 Å². The summed E-state index contributed by atoms with van der Waals surface area (Å²) in [6.45, 7) is 6.11. The average molecular weight is 585 g/mol. The minimum absolute atomic E-state index is 0.0112. The van der Waals surface area contributed by atoms with Gasteiger partial charge in [0, 0.05) is 70.7 Å². The number of carbonyl (C=O) groups is 3. The number of piperidine rings is 2. The predicted molar refractivity (Wildman–Crippen MR) is 158 cm³/mol. The Kier molecular flexibility index (Phi) is 9.10. The van der Waals surface area contributed by atoms with Crippen molar-refractivity contribution in [2.75, 3.05) is 40.3 Å².